The van der Waals surface area contributed by atoms with E-state index in [1.807, 2.05) is 13.8 Å². The lowest BCUT2D eigenvalue weighted by atomic mass is 9.85. The third-order valence-corrected chi connectivity index (χ3v) is 4.53. The molecule has 3 N–H and O–H groups in total. The maximum absolute atomic E-state index is 14.5. The zero-order valence-electron chi connectivity index (χ0n) is 15.4. The van der Waals surface area contributed by atoms with Crippen LogP contribution in [0.15, 0.2) is 34.0 Å². The summed E-state index contributed by atoms with van der Waals surface area (Å²) in [7, 11) is 0. The Balaban J connectivity index is 1.97. The first-order valence-corrected chi connectivity index (χ1v) is 8.46. The average Bonchev–Trinajstić information content (AvgIpc) is 3.10. The number of ether oxygens (including phenoxy) is 1. The number of nitrogens with one attached hydrogen (secondary N) is 1. The van der Waals surface area contributed by atoms with Crippen molar-refractivity contribution in [2.45, 2.75) is 38.2 Å². The van der Waals surface area contributed by atoms with Gasteiger partial charge in [-0.2, -0.15) is 8.78 Å². The Bertz CT molecular complexity index is 942. The molecule has 150 valence electrons. The van der Waals surface area contributed by atoms with E-state index in [1.165, 1.54) is 6.07 Å². The fourth-order valence-electron chi connectivity index (χ4n) is 2.90. The van der Waals surface area contributed by atoms with Crippen LogP contribution in [0.5, 0.6) is 0 Å². The summed E-state index contributed by atoms with van der Waals surface area (Å²) in [6.07, 6.45) is 1.14. The molecule has 0 aliphatic carbocycles. The van der Waals surface area contributed by atoms with Gasteiger partial charge in [-0.3, -0.25) is 4.79 Å². The van der Waals surface area contributed by atoms with Crippen molar-refractivity contribution in [3.8, 4) is 0 Å². The summed E-state index contributed by atoms with van der Waals surface area (Å²) >= 11 is 0. The van der Waals surface area contributed by atoms with Crippen LogP contribution in [0, 0.1) is 5.82 Å². The number of nitrogens with two attached hydrogens (primary N) is 1. The normalized spacial score (nSPS) is 21.2. The van der Waals surface area contributed by atoms with Gasteiger partial charge in [0.05, 0.1) is 0 Å². The van der Waals surface area contributed by atoms with Gasteiger partial charge in [-0.15, -0.1) is 0 Å². The van der Waals surface area contributed by atoms with E-state index in [-0.39, 0.29) is 17.3 Å². The number of aliphatic imine (C=N–C) groups is 1. The van der Waals surface area contributed by atoms with Crippen molar-refractivity contribution in [2.24, 2.45) is 10.7 Å². The van der Waals surface area contributed by atoms with Crippen molar-refractivity contribution in [1.82, 2.24) is 4.98 Å². The first kappa shape index (κ1) is 19.7. The molecule has 0 spiro atoms. The highest BCUT2D eigenvalue weighted by Gasteiger charge is 2.56. The number of aromatic nitrogens is 1. The van der Waals surface area contributed by atoms with E-state index in [0.717, 1.165) is 25.5 Å². The van der Waals surface area contributed by atoms with E-state index in [0.29, 0.717) is 5.76 Å². The van der Waals surface area contributed by atoms with Gasteiger partial charge < -0.3 is 20.2 Å². The SMILES string of the molecule is CC(C)c1ocnc1C(=O)Nc1ccc(F)c([C@@]2(C)N=C(N)OCC2(F)F)c1. The number of halogens is 3. The predicted octanol–water partition coefficient (Wildman–Crippen LogP) is 3.38. The third-order valence-electron chi connectivity index (χ3n) is 4.53. The number of carbonyl (C=O) groups excluding carboxylic acids is 1. The highest BCUT2D eigenvalue weighted by atomic mass is 19.3. The van der Waals surface area contributed by atoms with E-state index in [2.05, 4.69) is 20.0 Å². The van der Waals surface area contributed by atoms with Gasteiger partial charge in [0.2, 0.25) is 0 Å². The van der Waals surface area contributed by atoms with Gasteiger partial charge in [0.25, 0.3) is 11.9 Å². The number of hydrogen-bond acceptors (Lipinski definition) is 6. The van der Waals surface area contributed by atoms with Gasteiger partial charge in [-0.05, 0) is 25.1 Å². The molecule has 0 bridgehead atoms. The summed E-state index contributed by atoms with van der Waals surface area (Å²) in [4.78, 5) is 20.0. The molecule has 1 aromatic carbocycles. The van der Waals surface area contributed by atoms with Gasteiger partial charge in [-0.1, -0.05) is 13.8 Å². The smallest absolute Gasteiger partial charge is 0.310 e. The second-order valence-electron chi connectivity index (χ2n) is 6.88. The Hall–Kier alpha value is -3.04. The van der Waals surface area contributed by atoms with E-state index >= 15 is 0 Å². The largest absolute Gasteiger partial charge is 0.459 e. The van der Waals surface area contributed by atoms with Crippen LogP contribution >= 0.6 is 0 Å². The number of amidine groups is 1. The van der Waals surface area contributed by atoms with Gasteiger partial charge in [-0.25, -0.2) is 14.4 Å². The van der Waals surface area contributed by atoms with Crippen LogP contribution in [0.3, 0.4) is 0 Å². The quantitative estimate of drug-likeness (QED) is 0.825. The van der Waals surface area contributed by atoms with Gasteiger partial charge in [0, 0.05) is 17.2 Å². The van der Waals surface area contributed by atoms with Crippen LogP contribution in [-0.4, -0.2) is 29.4 Å². The molecule has 0 saturated heterocycles. The fraction of sp³-hybridized carbons (Fsp3) is 0.389. The van der Waals surface area contributed by atoms with Crippen molar-refractivity contribution in [3.63, 3.8) is 0 Å². The number of carbonyl (C=O) groups is 1. The van der Waals surface area contributed by atoms with Gasteiger partial charge in [0.15, 0.2) is 24.2 Å². The van der Waals surface area contributed by atoms with Crippen molar-refractivity contribution in [3.05, 3.63) is 47.4 Å². The molecule has 1 amide bonds. The molecule has 0 unspecified atom stereocenters. The molecule has 2 heterocycles. The van der Waals surface area contributed by atoms with E-state index in [4.69, 9.17) is 10.2 Å². The molecule has 3 rings (SSSR count). The van der Waals surface area contributed by atoms with Crippen molar-refractivity contribution >= 4 is 17.6 Å². The molecular weight excluding hydrogens is 377 g/mol. The van der Waals surface area contributed by atoms with Gasteiger partial charge in [0.1, 0.15) is 11.6 Å². The molecule has 0 saturated carbocycles. The molecule has 1 aliphatic rings. The van der Waals surface area contributed by atoms with Crippen molar-refractivity contribution < 1.29 is 27.1 Å². The van der Waals surface area contributed by atoms with Crippen LogP contribution in [-0.2, 0) is 10.3 Å². The monoisotopic (exact) mass is 396 g/mol. The lowest BCUT2D eigenvalue weighted by molar-refractivity contribution is -0.117. The summed E-state index contributed by atoms with van der Waals surface area (Å²) in [5.41, 5.74) is 2.87. The Morgan fingerprint density at radius 3 is 2.75 bits per heavy atom. The van der Waals surface area contributed by atoms with E-state index in [1.54, 1.807) is 0 Å². The lowest BCUT2D eigenvalue weighted by Gasteiger charge is -2.37. The molecule has 1 aromatic heterocycles. The van der Waals surface area contributed by atoms with Crippen LogP contribution < -0.4 is 11.1 Å². The van der Waals surface area contributed by atoms with Crippen LogP contribution in [0.1, 0.15) is 48.5 Å². The summed E-state index contributed by atoms with van der Waals surface area (Å²) in [6.45, 7) is 3.67. The molecule has 10 heteroatoms. The molecule has 1 aliphatic heterocycles. The number of benzene rings is 1. The molecule has 7 nitrogen and oxygen atoms in total. The van der Waals surface area contributed by atoms with Crippen LogP contribution in [0.25, 0.3) is 0 Å². The topological polar surface area (TPSA) is 103 Å². The number of anilines is 1. The standard InChI is InChI=1S/C18H19F3N4O3/c1-9(2)14-13(23-8-28-14)15(26)24-10-4-5-12(19)11(6-10)17(3)18(20,21)7-27-16(22)25-17/h4-6,8-9H,7H2,1-3H3,(H2,22,25)(H,24,26)/t17-/m1/s1. The maximum atomic E-state index is 14.5. The zero-order chi connectivity index (χ0) is 20.7. The van der Waals surface area contributed by atoms with E-state index in [9.17, 15) is 18.0 Å². The molecule has 0 fully saturated rings. The second kappa shape index (κ2) is 6.84. The highest BCUT2D eigenvalue weighted by Crippen LogP contribution is 2.44. The summed E-state index contributed by atoms with van der Waals surface area (Å²) in [5.74, 6) is -4.76. The minimum atomic E-state index is -3.52. The summed E-state index contributed by atoms with van der Waals surface area (Å²) in [6, 6.07) is 2.85. The van der Waals surface area contributed by atoms with Crippen molar-refractivity contribution in [1.29, 1.82) is 0 Å². The Labute approximate surface area is 158 Å². The minimum absolute atomic E-state index is 0.0609. The highest BCUT2D eigenvalue weighted by molar-refractivity contribution is 6.03. The van der Waals surface area contributed by atoms with Crippen LogP contribution in [0.2, 0.25) is 0 Å². The first-order valence-electron chi connectivity index (χ1n) is 8.46. The molecule has 2 aromatic rings. The summed E-state index contributed by atoms with van der Waals surface area (Å²) in [5, 5.41) is 2.52. The fourth-order valence-corrected chi connectivity index (χ4v) is 2.90. The number of hydrogen-bond donors (Lipinski definition) is 2. The number of amides is 1. The Morgan fingerprint density at radius 1 is 1.36 bits per heavy atom. The number of rotatable bonds is 4. The van der Waals surface area contributed by atoms with Crippen LogP contribution in [0.4, 0.5) is 18.9 Å². The van der Waals surface area contributed by atoms with E-state index < -0.39 is 41.4 Å². The summed E-state index contributed by atoms with van der Waals surface area (Å²) < 4.78 is 53.2. The Kier molecular flexibility index (Phi) is 4.82. The molecule has 1 atom stereocenters. The zero-order valence-corrected chi connectivity index (χ0v) is 15.4. The minimum Gasteiger partial charge on any atom is -0.459 e. The second-order valence-corrected chi connectivity index (χ2v) is 6.88. The Morgan fingerprint density at radius 2 is 2.07 bits per heavy atom. The number of nitrogens with zero attached hydrogens (tertiary/aromatic N) is 2. The van der Waals surface area contributed by atoms with Gasteiger partial charge >= 0.3 is 5.92 Å². The maximum Gasteiger partial charge on any atom is 0.310 e. The lowest BCUT2D eigenvalue weighted by Crippen LogP contribution is -2.51. The molecule has 28 heavy (non-hydrogen) atoms. The average molecular weight is 396 g/mol. The molecule has 0 radical (unpaired) electrons. The number of alkyl halides is 2. The predicted molar refractivity (Wildman–Crippen MR) is 94.8 cm³/mol. The number of oxazole rings is 1. The third kappa shape index (κ3) is 3.30. The van der Waals surface area contributed by atoms with Crippen molar-refractivity contribution in [2.75, 3.05) is 11.9 Å². The molecular formula is C18H19F3N4O3. The first-order chi connectivity index (χ1) is 13.0.